The predicted octanol–water partition coefficient (Wildman–Crippen LogP) is 4.42. The number of nitrogens with two attached hydrogens (primary N) is 1. The van der Waals surface area contributed by atoms with Gasteiger partial charge in [-0.15, -0.1) is 0 Å². The summed E-state index contributed by atoms with van der Waals surface area (Å²) in [5.41, 5.74) is 9.83. The van der Waals surface area contributed by atoms with Crippen LogP contribution in [0.5, 0.6) is 11.5 Å². The lowest BCUT2D eigenvalue weighted by Gasteiger charge is -2.43. The van der Waals surface area contributed by atoms with E-state index in [2.05, 4.69) is 23.0 Å². The van der Waals surface area contributed by atoms with Crippen molar-refractivity contribution in [1.82, 2.24) is 9.97 Å². The van der Waals surface area contributed by atoms with Crippen molar-refractivity contribution in [3.63, 3.8) is 0 Å². The quantitative estimate of drug-likeness (QED) is 0.572. The Bertz CT molecular complexity index is 1360. The zero-order chi connectivity index (χ0) is 23.3. The average molecular weight is 458 g/mol. The average Bonchev–Trinajstić information content (AvgIpc) is 2.87. The van der Waals surface area contributed by atoms with Gasteiger partial charge in [-0.2, -0.15) is 4.39 Å². The Morgan fingerprint density at radius 3 is 2.82 bits per heavy atom. The van der Waals surface area contributed by atoms with Crippen molar-refractivity contribution in [2.75, 3.05) is 19.8 Å². The third-order valence-corrected chi connectivity index (χ3v) is 6.68. The fraction of sp³-hybridized carbons (Fsp3) is 0.269. The van der Waals surface area contributed by atoms with Gasteiger partial charge < -0.3 is 19.9 Å². The molecule has 8 heteroatoms. The number of halogens is 1. The smallest absolute Gasteiger partial charge is 0.283 e. The molecule has 7 nitrogen and oxygen atoms in total. The van der Waals surface area contributed by atoms with Crippen LogP contribution in [-0.4, -0.2) is 35.8 Å². The van der Waals surface area contributed by atoms with Crippen molar-refractivity contribution in [2.45, 2.75) is 18.9 Å². The Morgan fingerprint density at radius 2 is 2.00 bits per heavy atom. The summed E-state index contributed by atoms with van der Waals surface area (Å²) in [6.45, 7) is 3.65. The number of amidine groups is 1. The van der Waals surface area contributed by atoms with Crippen LogP contribution < -0.4 is 10.5 Å². The maximum atomic E-state index is 14.5. The maximum Gasteiger partial charge on any atom is 0.283 e. The van der Waals surface area contributed by atoms with Gasteiger partial charge in [-0.05, 0) is 47.9 Å². The molecule has 1 aromatic carbocycles. The molecule has 2 atom stereocenters. The molecule has 0 saturated carbocycles. The van der Waals surface area contributed by atoms with Crippen molar-refractivity contribution in [2.24, 2.45) is 16.6 Å². The fourth-order valence-electron chi connectivity index (χ4n) is 4.98. The van der Waals surface area contributed by atoms with Gasteiger partial charge in [0.25, 0.3) is 6.02 Å². The van der Waals surface area contributed by atoms with Gasteiger partial charge in [0.1, 0.15) is 11.3 Å². The number of ether oxygens (including phenoxy) is 3. The van der Waals surface area contributed by atoms with Gasteiger partial charge in [0.15, 0.2) is 5.75 Å². The molecule has 1 unspecified atom stereocenters. The van der Waals surface area contributed by atoms with Crippen LogP contribution in [0.3, 0.4) is 0 Å². The number of hydrogen-bond donors (Lipinski definition) is 1. The number of pyridine rings is 2. The highest BCUT2D eigenvalue weighted by atomic mass is 19.1. The second kappa shape index (κ2) is 7.92. The summed E-state index contributed by atoms with van der Waals surface area (Å²) < 4.78 is 32.1. The number of nitrogens with zero attached hydrogens (tertiary/aromatic N) is 3. The number of aliphatic imine (C=N–C) groups is 1. The number of rotatable bonds is 2. The summed E-state index contributed by atoms with van der Waals surface area (Å²) in [6.07, 6.45) is 6.15. The molecule has 3 aliphatic heterocycles. The van der Waals surface area contributed by atoms with E-state index in [1.165, 1.54) is 6.20 Å². The van der Waals surface area contributed by atoms with Gasteiger partial charge in [-0.1, -0.05) is 19.1 Å². The Labute approximate surface area is 196 Å². The lowest BCUT2D eigenvalue weighted by Crippen LogP contribution is -2.45. The molecule has 0 fully saturated rings. The van der Waals surface area contributed by atoms with Gasteiger partial charge >= 0.3 is 0 Å². The Kier molecular flexibility index (Phi) is 4.84. The maximum absolute atomic E-state index is 14.5. The van der Waals surface area contributed by atoms with Crippen LogP contribution in [0.4, 0.5) is 4.39 Å². The van der Waals surface area contributed by atoms with Gasteiger partial charge in [0.05, 0.1) is 31.7 Å². The zero-order valence-electron chi connectivity index (χ0n) is 18.6. The lowest BCUT2D eigenvalue weighted by atomic mass is 9.71. The second-order valence-electron chi connectivity index (χ2n) is 8.72. The van der Waals surface area contributed by atoms with Crippen LogP contribution in [0.1, 0.15) is 30.2 Å². The topological polar surface area (TPSA) is 91.9 Å². The molecular formula is C26H23FN4O3. The van der Waals surface area contributed by atoms with E-state index < -0.39 is 11.5 Å². The number of aromatic nitrogens is 2. The second-order valence-corrected chi connectivity index (χ2v) is 8.72. The largest absolute Gasteiger partial charge is 0.465 e. The minimum Gasteiger partial charge on any atom is -0.465 e. The monoisotopic (exact) mass is 458 g/mol. The van der Waals surface area contributed by atoms with E-state index in [4.69, 9.17) is 24.9 Å². The molecule has 172 valence electrons. The van der Waals surface area contributed by atoms with Crippen LogP contribution in [0.15, 0.2) is 59.9 Å². The third-order valence-electron chi connectivity index (χ3n) is 6.68. The Balaban J connectivity index is 1.59. The van der Waals surface area contributed by atoms with Crippen LogP contribution >= 0.6 is 0 Å². The van der Waals surface area contributed by atoms with Gasteiger partial charge in [0.2, 0.25) is 5.95 Å². The van der Waals surface area contributed by atoms with E-state index in [1.807, 2.05) is 24.3 Å². The van der Waals surface area contributed by atoms with Gasteiger partial charge in [-0.25, -0.2) is 9.98 Å². The van der Waals surface area contributed by atoms with Crippen molar-refractivity contribution >= 4 is 11.6 Å². The van der Waals surface area contributed by atoms with E-state index >= 15 is 0 Å². The first-order chi connectivity index (χ1) is 16.6. The van der Waals surface area contributed by atoms with Crippen molar-refractivity contribution < 1.29 is 18.6 Å². The van der Waals surface area contributed by atoms with E-state index in [9.17, 15) is 4.39 Å². The lowest BCUT2D eigenvalue weighted by molar-refractivity contribution is 0.152. The van der Waals surface area contributed by atoms with E-state index in [0.717, 1.165) is 28.8 Å². The van der Waals surface area contributed by atoms with E-state index in [0.29, 0.717) is 42.4 Å². The van der Waals surface area contributed by atoms with E-state index in [1.54, 1.807) is 18.3 Å². The van der Waals surface area contributed by atoms with Crippen molar-refractivity contribution in [3.05, 3.63) is 77.6 Å². The van der Waals surface area contributed by atoms with Crippen LogP contribution in [-0.2, 0) is 15.0 Å². The summed E-state index contributed by atoms with van der Waals surface area (Å²) in [7, 11) is 0. The molecule has 6 rings (SSSR count). The summed E-state index contributed by atoms with van der Waals surface area (Å²) in [5, 5.41) is 0. The minimum atomic E-state index is -0.881. The highest BCUT2D eigenvalue weighted by molar-refractivity contribution is 5.77. The molecular weight excluding hydrogens is 435 g/mol. The highest BCUT2D eigenvalue weighted by Gasteiger charge is 2.49. The first-order valence-electron chi connectivity index (χ1n) is 11.3. The number of fused-ring (bicyclic) bond motifs is 4. The Morgan fingerprint density at radius 1 is 1.12 bits per heavy atom. The molecule has 3 aromatic rings. The Hall–Kier alpha value is -3.78. The standard InChI is InChI=1S/C26H23FN4O3/c1-15-13-33-25(28)31-26(15)19-10-16(18-5-2-8-29-24(18)27)6-7-22(19)34-23-12-30-21(11-20(23)26)17-4-3-9-32-14-17/h2,4-8,10-12,15H,3,9,13-14H2,1H3,(H2,28,31)/t15?,26-/m1/s1. The molecule has 0 radical (unpaired) electrons. The van der Waals surface area contributed by atoms with Gasteiger partial charge in [0, 0.05) is 28.8 Å². The number of benzene rings is 1. The molecule has 3 aliphatic rings. The summed E-state index contributed by atoms with van der Waals surface area (Å²) in [5.74, 6) is 0.620. The first kappa shape index (κ1) is 20.8. The fourth-order valence-corrected chi connectivity index (χ4v) is 4.98. The van der Waals surface area contributed by atoms with Crippen LogP contribution in [0.2, 0.25) is 0 Å². The van der Waals surface area contributed by atoms with Crippen LogP contribution in [0.25, 0.3) is 16.7 Å². The molecule has 0 aliphatic carbocycles. The SMILES string of the molecule is CC1COC(N)=N[C@@]12c1cc(-c3cccnc3F)ccc1Oc1cnc(C3=CCCOC3)cc12. The van der Waals surface area contributed by atoms with E-state index in [-0.39, 0.29) is 11.9 Å². The molecule has 0 amide bonds. The van der Waals surface area contributed by atoms with Crippen molar-refractivity contribution in [3.8, 4) is 22.6 Å². The van der Waals surface area contributed by atoms with Crippen LogP contribution in [0, 0.1) is 11.9 Å². The number of hydrogen-bond acceptors (Lipinski definition) is 7. The zero-order valence-corrected chi connectivity index (χ0v) is 18.6. The molecule has 1 spiro atoms. The molecule has 2 N–H and O–H groups in total. The highest BCUT2D eigenvalue weighted by Crippen LogP contribution is 2.54. The predicted molar refractivity (Wildman–Crippen MR) is 125 cm³/mol. The molecule has 5 heterocycles. The first-order valence-corrected chi connectivity index (χ1v) is 11.3. The normalized spacial score (nSPS) is 23.2. The van der Waals surface area contributed by atoms with Crippen molar-refractivity contribution in [1.29, 1.82) is 0 Å². The minimum absolute atomic E-state index is 0.0815. The summed E-state index contributed by atoms with van der Waals surface area (Å²) in [6, 6.07) is 11.1. The molecule has 2 aromatic heterocycles. The molecule has 0 saturated heterocycles. The molecule has 34 heavy (non-hydrogen) atoms. The summed E-state index contributed by atoms with van der Waals surface area (Å²) >= 11 is 0. The molecule has 0 bridgehead atoms. The third kappa shape index (κ3) is 3.17. The van der Waals surface area contributed by atoms with Gasteiger partial charge in [-0.3, -0.25) is 4.98 Å². The summed E-state index contributed by atoms with van der Waals surface area (Å²) in [4.78, 5) is 13.3.